The Morgan fingerprint density at radius 1 is 0.200 bits per heavy atom. The maximum Gasteiger partial charge on any atom is -0.0178 e. The molecule has 6 aromatic carbocycles. The smallest absolute Gasteiger partial charge is 0.0178 e. The van der Waals surface area contributed by atoms with E-state index in [4.69, 9.17) is 0 Å². The molecule has 0 N–H and O–H groups in total. The van der Waals surface area contributed by atoms with E-state index in [1.54, 1.807) is 0 Å². The average molecular weight is 669 g/mol. The van der Waals surface area contributed by atoms with Crippen molar-refractivity contribution in [3.05, 3.63) is 169 Å². The maximum absolute atomic E-state index is 2.25. The Morgan fingerprint density at radius 3 is 0.700 bits per heavy atom. The van der Waals surface area contributed by atoms with E-state index >= 15 is 0 Å². The fraction of sp³-hybridized carbons (Fsp3) is 0.280. The summed E-state index contributed by atoms with van der Waals surface area (Å²) in [5, 5.41) is 0. The first-order valence-electron chi connectivity index (χ1n) is 19.1. The molecule has 0 aliphatic carbocycles. The highest BCUT2D eigenvalue weighted by atomic mass is 14.1. The molecule has 6 rings (SSSR count). The van der Waals surface area contributed by atoms with Gasteiger partial charge in [-0.25, -0.2) is 0 Å². The Kier molecular flexibility index (Phi) is 30.0. The molecule has 50 heavy (non-hydrogen) atoms. The van der Waals surface area contributed by atoms with E-state index in [-0.39, 0.29) is 0 Å². The van der Waals surface area contributed by atoms with Gasteiger partial charge in [0.1, 0.15) is 0 Å². The second kappa shape index (κ2) is 31.6. The molecule has 6 aromatic rings. The SMILES string of the molecule is CC.CC.CC.CC.CC.CC.Cc1ccc(-c2ccc(-c3ccccc3)cc2)cc1.Cc1ccc(-c2cccc(-c3ccccc3)c2)cc1. The third-order valence-electron chi connectivity index (χ3n) is 6.73. The predicted molar refractivity (Wildman–Crippen MR) is 232 cm³/mol. The number of benzene rings is 6. The second-order valence-electron chi connectivity index (χ2n) is 9.62. The van der Waals surface area contributed by atoms with E-state index in [9.17, 15) is 0 Å². The van der Waals surface area contributed by atoms with E-state index in [0.29, 0.717) is 0 Å². The summed E-state index contributed by atoms with van der Waals surface area (Å²) in [4.78, 5) is 0. The van der Waals surface area contributed by atoms with Gasteiger partial charge in [-0.05, 0) is 64.4 Å². The molecule has 0 fully saturated rings. The van der Waals surface area contributed by atoms with Crippen LogP contribution in [-0.4, -0.2) is 0 Å². The number of hydrogen-bond donors (Lipinski definition) is 0. The molecule has 0 aliphatic heterocycles. The standard InChI is InChI=1S/2C19H16.6C2H6/c1-15-10-12-17(13-11-15)19-9-5-8-18(14-19)16-6-3-2-4-7-16;1-15-7-9-17(10-8-15)19-13-11-18(12-14-19)16-5-3-2-4-6-16;6*1-2/h2*2-14H,1H3;6*1-2H3. The molecule has 0 nitrogen and oxygen atoms in total. The third kappa shape index (κ3) is 17.1. The first-order valence-corrected chi connectivity index (χ1v) is 19.1. The molecule has 0 heterocycles. The van der Waals surface area contributed by atoms with Crippen molar-refractivity contribution in [3.8, 4) is 44.5 Å². The van der Waals surface area contributed by atoms with Gasteiger partial charge in [0.15, 0.2) is 0 Å². The van der Waals surface area contributed by atoms with Crippen molar-refractivity contribution in [1.29, 1.82) is 0 Å². The minimum absolute atomic E-state index is 1.26. The van der Waals surface area contributed by atoms with E-state index in [1.807, 2.05) is 95.2 Å². The van der Waals surface area contributed by atoms with Crippen molar-refractivity contribution in [3.63, 3.8) is 0 Å². The average Bonchev–Trinajstić information content (AvgIpc) is 3.24. The van der Waals surface area contributed by atoms with Crippen LogP contribution in [0.5, 0.6) is 0 Å². The summed E-state index contributed by atoms with van der Waals surface area (Å²) >= 11 is 0. The molecule has 0 aromatic heterocycles. The monoisotopic (exact) mass is 669 g/mol. The van der Waals surface area contributed by atoms with Crippen LogP contribution in [0, 0.1) is 13.8 Å². The molecule has 0 atom stereocenters. The van der Waals surface area contributed by atoms with E-state index in [1.165, 1.54) is 55.6 Å². The molecule has 0 amide bonds. The number of hydrogen-bond acceptors (Lipinski definition) is 0. The van der Waals surface area contributed by atoms with Crippen LogP contribution in [0.3, 0.4) is 0 Å². The zero-order valence-electron chi connectivity index (χ0n) is 34.0. The molecule has 0 radical (unpaired) electrons. The molecular formula is C50H68. The van der Waals surface area contributed by atoms with Crippen LogP contribution in [-0.2, 0) is 0 Å². The van der Waals surface area contributed by atoms with Gasteiger partial charge < -0.3 is 0 Å². The summed E-state index contributed by atoms with van der Waals surface area (Å²) in [7, 11) is 0. The molecule has 0 aliphatic rings. The molecule has 268 valence electrons. The Balaban J connectivity index is 0. The highest BCUT2D eigenvalue weighted by Gasteiger charge is 2.02. The van der Waals surface area contributed by atoms with Gasteiger partial charge in [0.25, 0.3) is 0 Å². The van der Waals surface area contributed by atoms with Crippen LogP contribution in [0.4, 0.5) is 0 Å². The van der Waals surface area contributed by atoms with Crippen molar-refractivity contribution in [2.45, 2.75) is 96.9 Å². The van der Waals surface area contributed by atoms with Crippen LogP contribution in [0.2, 0.25) is 0 Å². The van der Waals surface area contributed by atoms with Gasteiger partial charge in [-0.2, -0.15) is 0 Å². The minimum atomic E-state index is 1.26. The summed E-state index contributed by atoms with van der Waals surface area (Å²) in [6.07, 6.45) is 0. The summed E-state index contributed by atoms with van der Waals surface area (Å²) in [6.45, 7) is 28.2. The minimum Gasteiger partial charge on any atom is -0.0683 e. The highest BCUT2D eigenvalue weighted by Crippen LogP contribution is 2.27. The van der Waals surface area contributed by atoms with Gasteiger partial charge in [0, 0.05) is 0 Å². The van der Waals surface area contributed by atoms with Gasteiger partial charge >= 0.3 is 0 Å². The molecule has 0 saturated carbocycles. The van der Waals surface area contributed by atoms with Crippen molar-refractivity contribution >= 4 is 0 Å². The lowest BCUT2D eigenvalue weighted by atomic mass is 9.99. The summed E-state index contributed by atoms with van der Waals surface area (Å²) in [6, 6.07) is 55.7. The van der Waals surface area contributed by atoms with Gasteiger partial charge in [-0.3, -0.25) is 0 Å². The van der Waals surface area contributed by atoms with Gasteiger partial charge in [-0.15, -0.1) is 0 Å². The fourth-order valence-corrected chi connectivity index (χ4v) is 4.49. The Bertz CT molecular complexity index is 1560. The molecule has 0 spiro atoms. The quantitative estimate of drug-likeness (QED) is 0.175. The van der Waals surface area contributed by atoms with E-state index in [2.05, 4.69) is 159 Å². The first-order chi connectivity index (χ1) is 24.7. The zero-order chi connectivity index (χ0) is 38.2. The van der Waals surface area contributed by atoms with Crippen molar-refractivity contribution in [1.82, 2.24) is 0 Å². The molecule has 0 unspecified atom stereocenters. The number of aryl methyl sites for hydroxylation is 2. The molecule has 0 saturated heterocycles. The van der Waals surface area contributed by atoms with Gasteiger partial charge in [0.2, 0.25) is 0 Å². The van der Waals surface area contributed by atoms with Crippen molar-refractivity contribution in [2.75, 3.05) is 0 Å². The summed E-state index contributed by atoms with van der Waals surface area (Å²) < 4.78 is 0. The zero-order valence-corrected chi connectivity index (χ0v) is 34.0. The largest absolute Gasteiger partial charge is 0.0683 e. The lowest BCUT2D eigenvalue weighted by molar-refractivity contribution is 1.47. The summed E-state index contributed by atoms with van der Waals surface area (Å²) in [5.74, 6) is 0. The maximum atomic E-state index is 2.25. The first kappa shape index (κ1) is 47.4. The van der Waals surface area contributed by atoms with Gasteiger partial charge in [-0.1, -0.05) is 246 Å². The fourth-order valence-electron chi connectivity index (χ4n) is 4.49. The van der Waals surface area contributed by atoms with Crippen LogP contribution < -0.4 is 0 Å². The van der Waals surface area contributed by atoms with Crippen LogP contribution in [0.25, 0.3) is 44.5 Å². The van der Waals surface area contributed by atoms with E-state index in [0.717, 1.165) is 0 Å². The second-order valence-corrected chi connectivity index (χ2v) is 9.62. The van der Waals surface area contributed by atoms with E-state index < -0.39 is 0 Å². The Morgan fingerprint density at radius 2 is 0.400 bits per heavy atom. The third-order valence-corrected chi connectivity index (χ3v) is 6.73. The highest BCUT2D eigenvalue weighted by molar-refractivity contribution is 5.73. The molecule has 0 bridgehead atoms. The van der Waals surface area contributed by atoms with Crippen LogP contribution in [0.1, 0.15) is 94.2 Å². The molecular weight excluding hydrogens is 601 g/mol. The predicted octanol–water partition coefficient (Wildman–Crippen LogP) is 16.8. The van der Waals surface area contributed by atoms with Crippen LogP contribution in [0.15, 0.2) is 158 Å². The normalized spacial score (nSPS) is 8.60. The topological polar surface area (TPSA) is 0 Å². The molecule has 0 heteroatoms. The number of rotatable bonds is 4. The lowest BCUT2D eigenvalue weighted by Gasteiger charge is -2.06. The van der Waals surface area contributed by atoms with Gasteiger partial charge in [0.05, 0.1) is 0 Å². The van der Waals surface area contributed by atoms with Crippen molar-refractivity contribution in [2.24, 2.45) is 0 Å². The lowest BCUT2D eigenvalue weighted by Crippen LogP contribution is -1.81. The summed E-state index contributed by atoms with van der Waals surface area (Å²) in [5.41, 5.74) is 12.7. The van der Waals surface area contributed by atoms with Crippen LogP contribution >= 0.6 is 0 Å². The Labute approximate surface area is 309 Å². The Hall–Kier alpha value is -4.68. The van der Waals surface area contributed by atoms with Crippen molar-refractivity contribution < 1.29 is 0 Å².